The molecule has 0 aliphatic carbocycles. The molecule has 1 aromatic heterocycles. The summed E-state index contributed by atoms with van der Waals surface area (Å²) in [6.07, 6.45) is 9.14. The van der Waals surface area contributed by atoms with Crippen LogP contribution in [0.2, 0.25) is 0 Å². The van der Waals surface area contributed by atoms with Gasteiger partial charge >= 0.3 is 0 Å². The van der Waals surface area contributed by atoms with Crippen LogP contribution in [0.15, 0.2) is 31.5 Å². The van der Waals surface area contributed by atoms with Gasteiger partial charge in [-0.2, -0.15) is 0 Å². The monoisotopic (exact) mass is 160 g/mol. The lowest BCUT2D eigenvalue weighted by Crippen LogP contribution is -1.86. The van der Waals surface area contributed by atoms with Crippen LogP contribution in [-0.4, -0.2) is 9.55 Å². The van der Waals surface area contributed by atoms with Crippen LogP contribution < -0.4 is 0 Å². The molecular formula is C10H12N2. The first-order valence-corrected chi connectivity index (χ1v) is 3.75. The molecule has 1 rings (SSSR count). The van der Waals surface area contributed by atoms with E-state index < -0.39 is 0 Å². The Morgan fingerprint density at radius 1 is 1.50 bits per heavy atom. The molecular weight excluding hydrogens is 148 g/mol. The largest absolute Gasteiger partial charge is 0.307 e. The number of imidazole rings is 1. The van der Waals surface area contributed by atoms with Crippen LogP contribution in [0, 0.1) is 6.92 Å². The highest BCUT2D eigenvalue weighted by molar-refractivity contribution is 5.44. The number of aromatic nitrogens is 2. The Labute approximate surface area is 72.6 Å². The highest BCUT2D eigenvalue weighted by Gasteiger charge is 1.96. The molecule has 0 N–H and O–H groups in total. The second-order valence-electron chi connectivity index (χ2n) is 2.43. The molecule has 0 saturated heterocycles. The minimum Gasteiger partial charge on any atom is -0.307 e. The highest BCUT2D eigenvalue weighted by Crippen LogP contribution is 2.03. The van der Waals surface area contributed by atoms with Gasteiger partial charge in [0.15, 0.2) is 0 Å². The summed E-state index contributed by atoms with van der Waals surface area (Å²) in [6, 6.07) is 0. The Morgan fingerprint density at radius 3 is 2.83 bits per heavy atom. The Bertz CT molecular complexity index is 319. The maximum Gasteiger partial charge on any atom is 0.136 e. The smallest absolute Gasteiger partial charge is 0.136 e. The molecule has 2 nitrogen and oxygen atoms in total. The molecule has 0 bridgehead atoms. The Morgan fingerprint density at radius 2 is 2.25 bits per heavy atom. The molecule has 12 heavy (non-hydrogen) atoms. The molecule has 0 radical (unpaired) electrons. The first-order chi connectivity index (χ1) is 5.77. The zero-order chi connectivity index (χ0) is 8.97. The van der Waals surface area contributed by atoms with Crippen molar-refractivity contribution in [2.24, 2.45) is 0 Å². The fraction of sp³-hybridized carbons (Fsp3) is 0.100. The standard InChI is InChI=1S/C10H12N2/c1-4-6-7-12-8-9(3)11-10(12)5-2/h4-8H,1-2H2,3H3/b7-6-. The number of rotatable bonds is 3. The third-order valence-corrected chi connectivity index (χ3v) is 1.45. The molecule has 2 heteroatoms. The van der Waals surface area contributed by atoms with Gasteiger partial charge in [-0.3, -0.25) is 0 Å². The summed E-state index contributed by atoms with van der Waals surface area (Å²) >= 11 is 0. The third-order valence-electron chi connectivity index (χ3n) is 1.45. The van der Waals surface area contributed by atoms with Gasteiger partial charge in [-0.25, -0.2) is 4.98 Å². The quantitative estimate of drug-likeness (QED) is 0.621. The van der Waals surface area contributed by atoms with Crippen LogP contribution in [0.4, 0.5) is 0 Å². The Hall–Kier alpha value is -1.57. The number of hydrogen-bond donors (Lipinski definition) is 0. The van der Waals surface area contributed by atoms with Crippen molar-refractivity contribution >= 4 is 12.3 Å². The summed E-state index contributed by atoms with van der Waals surface area (Å²) in [7, 11) is 0. The van der Waals surface area contributed by atoms with E-state index in [0.29, 0.717) is 0 Å². The van der Waals surface area contributed by atoms with Gasteiger partial charge in [0.1, 0.15) is 5.82 Å². The molecule has 1 heterocycles. The lowest BCUT2D eigenvalue weighted by atomic mass is 10.5. The van der Waals surface area contributed by atoms with Crippen molar-refractivity contribution in [2.75, 3.05) is 0 Å². The number of aryl methyl sites for hydroxylation is 1. The summed E-state index contributed by atoms with van der Waals surface area (Å²) in [5.74, 6) is 0.852. The number of allylic oxidation sites excluding steroid dienone is 2. The maximum atomic E-state index is 4.24. The van der Waals surface area contributed by atoms with Crippen LogP contribution in [0.3, 0.4) is 0 Å². The van der Waals surface area contributed by atoms with Gasteiger partial charge in [0.2, 0.25) is 0 Å². The summed E-state index contributed by atoms with van der Waals surface area (Å²) < 4.78 is 1.91. The molecule has 0 aliphatic heterocycles. The van der Waals surface area contributed by atoms with Crippen LogP contribution in [0.25, 0.3) is 12.3 Å². The molecule has 1 aromatic rings. The zero-order valence-electron chi connectivity index (χ0n) is 7.20. The summed E-state index contributed by atoms with van der Waals surface area (Å²) in [6.45, 7) is 9.21. The summed E-state index contributed by atoms with van der Waals surface area (Å²) in [5.41, 5.74) is 0.985. The van der Waals surface area contributed by atoms with Crippen molar-refractivity contribution in [3.8, 4) is 0 Å². The van der Waals surface area contributed by atoms with E-state index >= 15 is 0 Å². The van der Waals surface area contributed by atoms with Gasteiger partial charge < -0.3 is 4.57 Å². The molecule has 0 spiro atoms. The minimum atomic E-state index is 0.852. The van der Waals surface area contributed by atoms with Crippen molar-refractivity contribution in [3.63, 3.8) is 0 Å². The van der Waals surface area contributed by atoms with Crippen molar-refractivity contribution in [1.82, 2.24) is 9.55 Å². The predicted octanol–water partition coefficient (Wildman–Crippen LogP) is 2.49. The molecule has 0 aromatic carbocycles. The van der Waals surface area contributed by atoms with Gasteiger partial charge in [0.25, 0.3) is 0 Å². The van der Waals surface area contributed by atoms with Gasteiger partial charge in [-0.15, -0.1) is 0 Å². The van der Waals surface area contributed by atoms with Crippen LogP contribution >= 0.6 is 0 Å². The fourth-order valence-corrected chi connectivity index (χ4v) is 0.959. The molecule has 0 unspecified atom stereocenters. The molecule has 0 fully saturated rings. The molecule has 0 saturated carbocycles. The van der Waals surface area contributed by atoms with Crippen LogP contribution in [-0.2, 0) is 0 Å². The van der Waals surface area contributed by atoms with E-state index in [1.54, 1.807) is 12.2 Å². The molecule has 0 atom stereocenters. The van der Waals surface area contributed by atoms with Crippen molar-refractivity contribution in [2.45, 2.75) is 6.92 Å². The van der Waals surface area contributed by atoms with Gasteiger partial charge in [-0.1, -0.05) is 19.2 Å². The van der Waals surface area contributed by atoms with Crippen molar-refractivity contribution < 1.29 is 0 Å². The van der Waals surface area contributed by atoms with E-state index in [2.05, 4.69) is 18.1 Å². The molecule has 0 aliphatic rings. The highest BCUT2D eigenvalue weighted by atomic mass is 15.0. The van der Waals surface area contributed by atoms with E-state index in [4.69, 9.17) is 0 Å². The first-order valence-electron chi connectivity index (χ1n) is 3.75. The van der Waals surface area contributed by atoms with Gasteiger partial charge in [-0.05, 0) is 19.1 Å². The van der Waals surface area contributed by atoms with Crippen LogP contribution in [0.5, 0.6) is 0 Å². The summed E-state index contributed by atoms with van der Waals surface area (Å²) in [5, 5.41) is 0. The summed E-state index contributed by atoms with van der Waals surface area (Å²) in [4.78, 5) is 4.24. The Balaban J connectivity index is 3.04. The second-order valence-corrected chi connectivity index (χ2v) is 2.43. The van der Waals surface area contributed by atoms with Crippen LogP contribution in [0.1, 0.15) is 11.5 Å². The second kappa shape index (κ2) is 3.72. The van der Waals surface area contributed by atoms with E-state index in [1.165, 1.54) is 0 Å². The lowest BCUT2D eigenvalue weighted by Gasteiger charge is -1.93. The third kappa shape index (κ3) is 1.72. The average Bonchev–Trinajstić information content (AvgIpc) is 2.42. The SMILES string of the molecule is C=C/C=C\n1cc(C)nc1C=C. The zero-order valence-corrected chi connectivity index (χ0v) is 7.20. The van der Waals surface area contributed by atoms with E-state index in [0.717, 1.165) is 11.5 Å². The minimum absolute atomic E-state index is 0.852. The van der Waals surface area contributed by atoms with E-state index in [-0.39, 0.29) is 0 Å². The van der Waals surface area contributed by atoms with Crippen molar-refractivity contribution in [1.29, 1.82) is 0 Å². The topological polar surface area (TPSA) is 17.8 Å². The predicted molar refractivity (Wildman–Crippen MR) is 52.6 cm³/mol. The lowest BCUT2D eigenvalue weighted by molar-refractivity contribution is 1.11. The maximum absolute atomic E-state index is 4.24. The fourth-order valence-electron chi connectivity index (χ4n) is 0.959. The average molecular weight is 160 g/mol. The van der Waals surface area contributed by atoms with Gasteiger partial charge in [0, 0.05) is 12.4 Å². The van der Waals surface area contributed by atoms with Crippen molar-refractivity contribution in [3.05, 3.63) is 43.0 Å². The van der Waals surface area contributed by atoms with Gasteiger partial charge in [0.05, 0.1) is 5.69 Å². The normalized spacial score (nSPS) is 10.4. The van der Waals surface area contributed by atoms with E-state index in [9.17, 15) is 0 Å². The first kappa shape index (κ1) is 8.53. The Kier molecular flexibility index (Phi) is 2.64. The number of hydrogen-bond acceptors (Lipinski definition) is 1. The number of nitrogens with zero attached hydrogens (tertiary/aromatic N) is 2. The van der Waals surface area contributed by atoms with E-state index in [1.807, 2.05) is 30.0 Å². The molecule has 62 valence electrons. The molecule has 0 amide bonds.